The Bertz CT molecular complexity index is 567. The van der Waals surface area contributed by atoms with E-state index in [1.807, 2.05) is 19.9 Å². The second-order valence-electron chi connectivity index (χ2n) is 4.99. The van der Waals surface area contributed by atoms with Gasteiger partial charge in [-0.1, -0.05) is 0 Å². The van der Waals surface area contributed by atoms with Crippen LogP contribution in [0.4, 0.5) is 5.69 Å². The summed E-state index contributed by atoms with van der Waals surface area (Å²) in [4.78, 5) is 2.53. The summed E-state index contributed by atoms with van der Waals surface area (Å²) in [5, 5.41) is -0.376. The number of benzene rings is 1. The van der Waals surface area contributed by atoms with Gasteiger partial charge in [0.05, 0.1) is 15.8 Å². The van der Waals surface area contributed by atoms with Crippen molar-refractivity contribution < 1.29 is 8.42 Å². The standard InChI is InChI=1S/C13H20N2O2S/c1-9-6-12-13(7-10(9)2)18(16,17)11(3)8-15(12)5-4-14/h6-7,11H,4-5,8,14H2,1-3H3. The molecule has 1 aliphatic rings. The van der Waals surface area contributed by atoms with Crippen molar-refractivity contribution in [2.75, 3.05) is 24.5 Å². The third kappa shape index (κ3) is 2.01. The van der Waals surface area contributed by atoms with Crippen molar-refractivity contribution in [2.45, 2.75) is 30.9 Å². The number of aryl methyl sites for hydroxylation is 2. The first kappa shape index (κ1) is 13.4. The quantitative estimate of drug-likeness (QED) is 0.876. The van der Waals surface area contributed by atoms with Gasteiger partial charge in [0.1, 0.15) is 0 Å². The molecule has 100 valence electrons. The topological polar surface area (TPSA) is 63.4 Å². The molecule has 0 fully saturated rings. The highest BCUT2D eigenvalue weighted by atomic mass is 32.2. The number of rotatable bonds is 2. The van der Waals surface area contributed by atoms with Gasteiger partial charge in [-0.25, -0.2) is 8.42 Å². The highest BCUT2D eigenvalue weighted by molar-refractivity contribution is 7.92. The van der Waals surface area contributed by atoms with Crippen LogP contribution < -0.4 is 10.6 Å². The van der Waals surface area contributed by atoms with E-state index in [1.54, 1.807) is 13.0 Å². The number of nitrogens with zero attached hydrogens (tertiary/aromatic N) is 1. The fourth-order valence-electron chi connectivity index (χ4n) is 2.34. The lowest BCUT2D eigenvalue weighted by Gasteiger charge is -2.34. The van der Waals surface area contributed by atoms with E-state index in [2.05, 4.69) is 4.90 Å². The van der Waals surface area contributed by atoms with Gasteiger partial charge in [0.15, 0.2) is 9.84 Å². The van der Waals surface area contributed by atoms with Gasteiger partial charge in [0.2, 0.25) is 0 Å². The summed E-state index contributed by atoms with van der Waals surface area (Å²) >= 11 is 0. The van der Waals surface area contributed by atoms with Crippen molar-refractivity contribution in [3.63, 3.8) is 0 Å². The van der Waals surface area contributed by atoms with Crippen LogP contribution in [0.25, 0.3) is 0 Å². The second kappa shape index (κ2) is 4.55. The minimum absolute atomic E-state index is 0.376. The first-order chi connectivity index (χ1) is 8.37. The Kier molecular flexibility index (Phi) is 3.38. The van der Waals surface area contributed by atoms with E-state index in [1.165, 1.54) is 0 Å². The number of sulfone groups is 1. The summed E-state index contributed by atoms with van der Waals surface area (Å²) in [6, 6.07) is 3.75. The van der Waals surface area contributed by atoms with Crippen molar-refractivity contribution in [3.05, 3.63) is 23.3 Å². The molecule has 1 aromatic rings. The molecule has 1 unspecified atom stereocenters. The molecule has 0 bridgehead atoms. The molecule has 0 aromatic heterocycles. The van der Waals surface area contributed by atoms with E-state index < -0.39 is 9.84 Å². The summed E-state index contributed by atoms with van der Waals surface area (Å²) in [5.41, 5.74) is 8.54. The van der Waals surface area contributed by atoms with Crippen LogP contribution in [0.1, 0.15) is 18.1 Å². The van der Waals surface area contributed by atoms with Gasteiger partial charge in [0, 0.05) is 19.6 Å². The van der Waals surface area contributed by atoms with Crippen LogP contribution in [-0.4, -0.2) is 33.3 Å². The molecule has 0 saturated carbocycles. The van der Waals surface area contributed by atoms with Crippen LogP contribution in [0.15, 0.2) is 17.0 Å². The predicted molar refractivity (Wildman–Crippen MR) is 73.8 cm³/mol. The summed E-state index contributed by atoms with van der Waals surface area (Å²) in [5.74, 6) is 0. The lowest BCUT2D eigenvalue weighted by molar-refractivity contribution is 0.572. The third-order valence-corrected chi connectivity index (χ3v) is 5.78. The number of anilines is 1. The molecule has 2 rings (SSSR count). The minimum atomic E-state index is -3.19. The highest BCUT2D eigenvalue weighted by Crippen LogP contribution is 2.35. The molecular formula is C13H20N2O2S. The maximum absolute atomic E-state index is 12.4. The van der Waals surface area contributed by atoms with Crippen LogP contribution in [-0.2, 0) is 9.84 Å². The van der Waals surface area contributed by atoms with Gasteiger partial charge in [-0.3, -0.25) is 0 Å². The summed E-state index contributed by atoms with van der Waals surface area (Å²) < 4.78 is 24.7. The van der Waals surface area contributed by atoms with Gasteiger partial charge in [0.25, 0.3) is 0 Å². The van der Waals surface area contributed by atoms with E-state index in [4.69, 9.17) is 5.73 Å². The molecule has 0 radical (unpaired) electrons. The molecule has 1 heterocycles. The van der Waals surface area contributed by atoms with Crippen molar-refractivity contribution >= 4 is 15.5 Å². The maximum atomic E-state index is 12.4. The van der Waals surface area contributed by atoms with E-state index in [-0.39, 0.29) is 5.25 Å². The highest BCUT2D eigenvalue weighted by Gasteiger charge is 2.34. The van der Waals surface area contributed by atoms with Crippen molar-refractivity contribution in [1.29, 1.82) is 0 Å². The molecule has 5 heteroatoms. The summed E-state index contributed by atoms with van der Waals surface area (Å²) in [7, 11) is -3.19. The molecule has 1 aromatic carbocycles. The molecule has 18 heavy (non-hydrogen) atoms. The van der Waals surface area contributed by atoms with Crippen molar-refractivity contribution in [1.82, 2.24) is 0 Å². The Labute approximate surface area is 109 Å². The van der Waals surface area contributed by atoms with E-state index in [9.17, 15) is 8.42 Å². The van der Waals surface area contributed by atoms with E-state index >= 15 is 0 Å². The first-order valence-electron chi connectivity index (χ1n) is 6.18. The number of hydrogen-bond acceptors (Lipinski definition) is 4. The zero-order valence-electron chi connectivity index (χ0n) is 11.1. The molecule has 0 amide bonds. The smallest absolute Gasteiger partial charge is 0.184 e. The van der Waals surface area contributed by atoms with E-state index in [0.717, 1.165) is 16.8 Å². The molecule has 1 aliphatic heterocycles. The Balaban J connectivity index is 2.65. The fourth-order valence-corrected chi connectivity index (χ4v) is 3.97. The van der Waals surface area contributed by atoms with Gasteiger partial charge in [-0.2, -0.15) is 0 Å². The number of nitrogens with two attached hydrogens (primary N) is 1. The SMILES string of the molecule is Cc1cc2c(cc1C)S(=O)(=O)C(C)CN2CCN. The summed E-state index contributed by atoms with van der Waals surface area (Å²) in [6.07, 6.45) is 0. The first-order valence-corrected chi connectivity index (χ1v) is 7.72. The molecule has 2 N–H and O–H groups in total. The molecular weight excluding hydrogens is 248 g/mol. The Morgan fingerprint density at radius 2 is 1.94 bits per heavy atom. The zero-order chi connectivity index (χ0) is 13.5. The summed E-state index contributed by atoms with van der Waals surface area (Å²) in [6.45, 7) is 7.44. The van der Waals surface area contributed by atoms with E-state index in [0.29, 0.717) is 24.5 Å². The molecule has 0 spiro atoms. The largest absolute Gasteiger partial charge is 0.368 e. The van der Waals surface area contributed by atoms with Crippen molar-refractivity contribution in [2.24, 2.45) is 5.73 Å². The average molecular weight is 268 g/mol. The second-order valence-corrected chi connectivity index (χ2v) is 7.33. The average Bonchev–Trinajstić information content (AvgIpc) is 2.29. The van der Waals surface area contributed by atoms with Gasteiger partial charge in [-0.15, -0.1) is 0 Å². The molecule has 0 aliphatic carbocycles. The lowest BCUT2D eigenvalue weighted by Crippen LogP contribution is -2.43. The Morgan fingerprint density at radius 3 is 2.56 bits per heavy atom. The minimum Gasteiger partial charge on any atom is -0.368 e. The maximum Gasteiger partial charge on any atom is 0.184 e. The van der Waals surface area contributed by atoms with Crippen LogP contribution >= 0.6 is 0 Å². The van der Waals surface area contributed by atoms with Crippen LogP contribution in [0.2, 0.25) is 0 Å². The van der Waals surface area contributed by atoms with Gasteiger partial charge in [-0.05, 0) is 44.0 Å². The van der Waals surface area contributed by atoms with Gasteiger partial charge >= 0.3 is 0 Å². The molecule has 1 atom stereocenters. The monoisotopic (exact) mass is 268 g/mol. The van der Waals surface area contributed by atoms with Crippen LogP contribution in [0.3, 0.4) is 0 Å². The molecule has 0 saturated heterocycles. The lowest BCUT2D eigenvalue weighted by atomic mass is 10.1. The Morgan fingerprint density at radius 1 is 1.33 bits per heavy atom. The van der Waals surface area contributed by atoms with Crippen LogP contribution in [0, 0.1) is 13.8 Å². The Hall–Kier alpha value is -1.07. The van der Waals surface area contributed by atoms with Crippen LogP contribution in [0.5, 0.6) is 0 Å². The third-order valence-electron chi connectivity index (χ3n) is 3.63. The fraction of sp³-hybridized carbons (Fsp3) is 0.538. The van der Waals surface area contributed by atoms with Gasteiger partial charge < -0.3 is 10.6 Å². The zero-order valence-corrected chi connectivity index (χ0v) is 11.9. The number of fused-ring (bicyclic) bond motifs is 1. The predicted octanol–water partition coefficient (Wildman–Crippen LogP) is 1.24. The van der Waals surface area contributed by atoms with Crippen molar-refractivity contribution in [3.8, 4) is 0 Å². The molecule has 4 nitrogen and oxygen atoms in total. The normalized spacial score (nSPS) is 21.8. The number of hydrogen-bond donors (Lipinski definition) is 1.